The Balaban J connectivity index is 1.96. The van der Waals surface area contributed by atoms with E-state index in [1.54, 1.807) is 20.9 Å². The molecule has 0 saturated heterocycles. The molecule has 1 N–H and O–H groups in total. The smallest absolute Gasteiger partial charge is 0.407 e. The molecule has 0 aliphatic heterocycles. The Kier molecular flexibility index (Phi) is 5.95. The minimum absolute atomic E-state index is 0.140. The number of nitrogens with zero attached hydrogens (tertiary/aromatic N) is 2. The molecule has 1 heterocycles. The maximum Gasteiger partial charge on any atom is 0.407 e. The summed E-state index contributed by atoms with van der Waals surface area (Å²) < 4.78 is 11.6. The first-order valence-electron chi connectivity index (χ1n) is 7.67. The number of alkyl carbamates (subject to hydrolysis) is 1. The molecular weight excluding hydrogens is 310 g/mol. The lowest BCUT2D eigenvalue weighted by atomic mass is 10.2. The standard InChI is InChI=1S/C17H21N3O4/c1-4-23-16(21)15-14(12(2)19-20(15)3)10-18-17(22)24-11-13-8-6-5-7-9-13/h5-9H,4,10-11H2,1-3H3,(H,18,22). The summed E-state index contributed by atoms with van der Waals surface area (Å²) in [6.45, 7) is 4.11. The number of carbonyl (C=O) groups excluding carboxylic acids is 2. The summed E-state index contributed by atoms with van der Waals surface area (Å²) in [6, 6.07) is 9.39. The number of hydrogen-bond donors (Lipinski definition) is 1. The summed E-state index contributed by atoms with van der Waals surface area (Å²) in [7, 11) is 1.66. The molecule has 0 fully saturated rings. The van der Waals surface area contributed by atoms with Crippen LogP contribution in [0.25, 0.3) is 0 Å². The second-order valence-corrected chi connectivity index (χ2v) is 5.17. The lowest BCUT2D eigenvalue weighted by Crippen LogP contribution is -2.25. The lowest BCUT2D eigenvalue weighted by Gasteiger charge is -2.09. The highest BCUT2D eigenvalue weighted by Gasteiger charge is 2.21. The highest BCUT2D eigenvalue weighted by molar-refractivity contribution is 5.89. The van der Waals surface area contributed by atoms with E-state index in [0.717, 1.165) is 5.56 Å². The summed E-state index contributed by atoms with van der Waals surface area (Å²) in [5.74, 6) is -0.463. The van der Waals surface area contributed by atoms with E-state index < -0.39 is 12.1 Å². The molecule has 1 amide bonds. The van der Waals surface area contributed by atoms with Gasteiger partial charge in [0.05, 0.1) is 18.8 Å². The van der Waals surface area contributed by atoms with Crippen molar-refractivity contribution in [2.45, 2.75) is 27.0 Å². The van der Waals surface area contributed by atoms with E-state index in [9.17, 15) is 9.59 Å². The third-order valence-corrected chi connectivity index (χ3v) is 3.44. The zero-order valence-electron chi connectivity index (χ0n) is 14.0. The van der Waals surface area contributed by atoms with Crippen LogP contribution in [-0.4, -0.2) is 28.4 Å². The van der Waals surface area contributed by atoms with E-state index in [2.05, 4.69) is 10.4 Å². The highest BCUT2D eigenvalue weighted by atomic mass is 16.5. The Bertz CT molecular complexity index is 710. The average Bonchev–Trinajstić information content (AvgIpc) is 2.85. The second kappa shape index (κ2) is 8.14. The van der Waals surface area contributed by atoms with Crippen molar-refractivity contribution in [2.24, 2.45) is 7.05 Å². The van der Waals surface area contributed by atoms with Crippen LogP contribution in [0, 0.1) is 6.92 Å². The quantitative estimate of drug-likeness (QED) is 0.822. The van der Waals surface area contributed by atoms with E-state index in [0.29, 0.717) is 17.0 Å². The van der Waals surface area contributed by atoms with Gasteiger partial charge >= 0.3 is 12.1 Å². The topological polar surface area (TPSA) is 82.4 Å². The number of hydrogen-bond acceptors (Lipinski definition) is 5. The van der Waals surface area contributed by atoms with Crippen LogP contribution in [0.1, 0.15) is 34.2 Å². The van der Waals surface area contributed by atoms with Crippen LogP contribution in [-0.2, 0) is 29.7 Å². The molecule has 0 atom stereocenters. The fraction of sp³-hybridized carbons (Fsp3) is 0.353. The molecule has 0 spiro atoms. The van der Waals surface area contributed by atoms with Crippen LogP contribution in [0.3, 0.4) is 0 Å². The van der Waals surface area contributed by atoms with E-state index in [1.807, 2.05) is 30.3 Å². The monoisotopic (exact) mass is 331 g/mol. The predicted molar refractivity (Wildman–Crippen MR) is 87.4 cm³/mol. The molecule has 2 rings (SSSR count). The fourth-order valence-electron chi connectivity index (χ4n) is 2.30. The van der Waals surface area contributed by atoms with Crippen LogP contribution in [0.15, 0.2) is 30.3 Å². The van der Waals surface area contributed by atoms with Gasteiger partial charge < -0.3 is 14.8 Å². The van der Waals surface area contributed by atoms with E-state index >= 15 is 0 Å². The minimum Gasteiger partial charge on any atom is -0.461 e. The number of esters is 1. The molecule has 128 valence electrons. The minimum atomic E-state index is -0.558. The number of ether oxygens (including phenoxy) is 2. The zero-order valence-corrected chi connectivity index (χ0v) is 14.0. The first-order valence-corrected chi connectivity index (χ1v) is 7.67. The van der Waals surface area contributed by atoms with Crippen molar-refractivity contribution >= 4 is 12.1 Å². The molecule has 0 unspecified atom stereocenters. The fourth-order valence-corrected chi connectivity index (χ4v) is 2.30. The largest absolute Gasteiger partial charge is 0.461 e. The number of benzene rings is 1. The molecule has 1 aromatic carbocycles. The Morgan fingerprint density at radius 3 is 2.58 bits per heavy atom. The van der Waals surface area contributed by atoms with Gasteiger partial charge in [0.25, 0.3) is 0 Å². The molecule has 0 radical (unpaired) electrons. The molecule has 0 aliphatic rings. The van der Waals surface area contributed by atoms with Gasteiger partial charge in [-0.25, -0.2) is 9.59 Å². The molecule has 0 aliphatic carbocycles. The van der Waals surface area contributed by atoms with Crippen LogP contribution >= 0.6 is 0 Å². The Labute approximate surface area is 140 Å². The van der Waals surface area contributed by atoms with Gasteiger partial charge in [-0.3, -0.25) is 4.68 Å². The van der Waals surface area contributed by atoms with Gasteiger partial charge in [-0.2, -0.15) is 5.10 Å². The van der Waals surface area contributed by atoms with Crippen LogP contribution in [0.5, 0.6) is 0 Å². The lowest BCUT2D eigenvalue weighted by molar-refractivity contribution is 0.0511. The molecule has 7 heteroatoms. The maximum absolute atomic E-state index is 12.0. The Morgan fingerprint density at radius 2 is 1.92 bits per heavy atom. The van der Waals surface area contributed by atoms with Crippen molar-refractivity contribution in [1.29, 1.82) is 0 Å². The third kappa shape index (κ3) is 4.34. The van der Waals surface area contributed by atoms with Gasteiger partial charge in [-0.1, -0.05) is 30.3 Å². The summed E-state index contributed by atoms with van der Waals surface area (Å²) in [6.07, 6.45) is -0.558. The molecule has 0 saturated carbocycles. The number of aromatic nitrogens is 2. The zero-order chi connectivity index (χ0) is 17.5. The van der Waals surface area contributed by atoms with Crippen molar-refractivity contribution in [1.82, 2.24) is 15.1 Å². The van der Waals surface area contributed by atoms with Gasteiger partial charge in [0.1, 0.15) is 6.61 Å². The normalized spacial score (nSPS) is 10.3. The average molecular weight is 331 g/mol. The van der Waals surface area contributed by atoms with Crippen molar-refractivity contribution in [3.05, 3.63) is 52.8 Å². The Hall–Kier alpha value is -2.83. The van der Waals surface area contributed by atoms with Gasteiger partial charge in [0, 0.05) is 12.6 Å². The van der Waals surface area contributed by atoms with E-state index in [4.69, 9.17) is 9.47 Å². The number of rotatable bonds is 6. The first-order chi connectivity index (χ1) is 11.5. The number of carbonyl (C=O) groups is 2. The Morgan fingerprint density at radius 1 is 1.21 bits per heavy atom. The van der Waals surface area contributed by atoms with Crippen molar-refractivity contribution in [3.8, 4) is 0 Å². The van der Waals surface area contributed by atoms with Crippen molar-refractivity contribution in [2.75, 3.05) is 6.61 Å². The molecule has 1 aromatic heterocycles. The van der Waals surface area contributed by atoms with Gasteiger partial charge in [0.2, 0.25) is 0 Å². The van der Waals surface area contributed by atoms with Gasteiger partial charge in [0.15, 0.2) is 5.69 Å². The van der Waals surface area contributed by atoms with Crippen molar-refractivity contribution < 1.29 is 19.1 Å². The van der Waals surface area contributed by atoms with Gasteiger partial charge in [-0.05, 0) is 19.4 Å². The summed E-state index contributed by atoms with van der Waals surface area (Å²) >= 11 is 0. The summed E-state index contributed by atoms with van der Waals surface area (Å²) in [5, 5.41) is 6.85. The number of aryl methyl sites for hydroxylation is 2. The second-order valence-electron chi connectivity index (χ2n) is 5.17. The highest BCUT2D eigenvalue weighted by Crippen LogP contribution is 2.14. The maximum atomic E-state index is 12.0. The molecule has 7 nitrogen and oxygen atoms in total. The first kappa shape index (κ1) is 17.5. The SMILES string of the molecule is CCOC(=O)c1c(CNC(=O)OCc2ccccc2)c(C)nn1C. The molecule has 2 aromatic rings. The predicted octanol–water partition coefficient (Wildman–Crippen LogP) is 2.33. The molecule has 0 bridgehead atoms. The number of nitrogens with one attached hydrogen (secondary N) is 1. The van der Waals surface area contributed by atoms with Crippen LogP contribution in [0.2, 0.25) is 0 Å². The van der Waals surface area contributed by atoms with Crippen LogP contribution in [0.4, 0.5) is 4.79 Å². The van der Waals surface area contributed by atoms with Crippen LogP contribution < -0.4 is 5.32 Å². The summed E-state index contributed by atoms with van der Waals surface area (Å²) in [5.41, 5.74) is 2.51. The van der Waals surface area contributed by atoms with Crippen molar-refractivity contribution in [3.63, 3.8) is 0 Å². The van der Waals surface area contributed by atoms with Gasteiger partial charge in [-0.15, -0.1) is 0 Å². The molecular formula is C17H21N3O4. The molecule has 24 heavy (non-hydrogen) atoms. The van der Waals surface area contributed by atoms with E-state index in [1.165, 1.54) is 4.68 Å². The number of amides is 1. The van der Waals surface area contributed by atoms with E-state index in [-0.39, 0.29) is 19.8 Å². The summed E-state index contributed by atoms with van der Waals surface area (Å²) in [4.78, 5) is 23.9. The third-order valence-electron chi connectivity index (χ3n) is 3.44.